The summed E-state index contributed by atoms with van der Waals surface area (Å²) in [4.78, 5) is 11.2. The van der Waals surface area contributed by atoms with Crippen LogP contribution in [0, 0.1) is 11.3 Å². The van der Waals surface area contributed by atoms with Crippen LogP contribution in [0.5, 0.6) is 0 Å². The summed E-state index contributed by atoms with van der Waals surface area (Å²) in [5, 5.41) is 0. The van der Waals surface area contributed by atoms with Crippen LogP contribution >= 0.6 is 0 Å². The third-order valence-corrected chi connectivity index (χ3v) is 3.54. The highest BCUT2D eigenvalue weighted by Crippen LogP contribution is 2.40. The summed E-state index contributed by atoms with van der Waals surface area (Å²) in [5.74, 6) is 0.635. The number of carbonyl (C=O) groups is 1. The molecule has 82 valence electrons. The Morgan fingerprint density at radius 1 is 1.29 bits per heavy atom. The van der Waals surface area contributed by atoms with Gasteiger partial charge in [0.2, 0.25) is 0 Å². The van der Waals surface area contributed by atoms with Gasteiger partial charge in [-0.15, -0.1) is 0 Å². The van der Waals surface area contributed by atoms with Gasteiger partial charge in [-0.05, 0) is 24.2 Å². The molecule has 0 amide bonds. The van der Waals surface area contributed by atoms with Gasteiger partial charge in [-0.25, -0.2) is 0 Å². The number of rotatable bonds is 3. The van der Waals surface area contributed by atoms with Crippen molar-refractivity contribution in [1.29, 1.82) is 0 Å². The van der Waals surface area contributed by atoms with Crippen LogP contribution in [-0.2, 0) is 9.53 Å². The molecular formula is C12H22O2. The van der Waals surface area contributed by atoms with Crippen LogP contribution in [-0.4, -0.2) is 13.1 Å². The predicted molar refractivity (Wildman–Crippen MR) is 57.0 cm³/mol. The van der Waals surface area contributed by atoms with E-state index in [1.54, 1.807) is 0 Å². The Bertz CT molecular complexity index is 190. The third kappa shape index (κ3) is 3.00. The second-order valence-electron chi connectivity index (χ2n) is 5.08. The van der Waals surface area contributed by atoms with Crippen LogP contribution in [0.4, 0.5) is 0 Å². The molecule has 1 rings (SSSR count). The van der Waals surface area contributed by atoms with E-state index in [0.29, 0.717) is 12.3 Å². The number of carbonyl (C=O) groups excluding carboxylic acids is 1. The minimum atomic E-state index is -0.0689. The Labute approximate surface area is 87.0 Å². The van der Waals surface area contributed by atoms with Gasteiger partial charge in [0.25, 0.3) is 0 Å². The number of hydrogen-bond acceptors (Lipinski definition) is 2. The van der Waals surface area contributed by atoms with Gasteiger partial charge in [-0.3, -0.25) is 4.79 Å². The Hall–Kier alpha value is -0.530. The van der Waals surface area contributed by atoms with E-state index >= 15 is 0 Å². The summed E-state index contributed by atoms with van der Waals surface area (Å²) in [7, 11) is 1.47. The number of hydrogen-bond donors (Lipinski definition) is 0. The standard InChI is InChI=1S/C12H22O2/c1-12(2,9-11(13)14-3)10-7-5-4-6-8-10/h10H,4-9H2,1-3H3. The molecule has 0 heterocycles. The van der Waals surface area contributed by atoms with Gasteiger partial charge in [-0.1, -0.05) is 33.1 Å². The Morgan fingerprint density at radius 3 is 2.36 bits per heavy atom. The monoisotopic (exact) mass is 198 g/mol. The molecule has 0 spiro atoms. The predicted octanol–water partition coefficient (Wildman–Crippen LogP) is 3.16. The molecular weight excluding hydrogens is 176 g/mol. The lowest BCUT2D eigenvalue weighted by Crippen LogP contribution is -2.29. The van der Waals surface area contributed by atoms with Crippen LogP contribution in [0.2, 0.25) is 0 Å². The number of esters is 1. The molecule has 0 bridgehead atoms. The van der Waals surface area contributed by atoms with E-state index in [9.17, 15) is 4.79 Å². The van der Waals surface area contributed by atoms with Crippen molar-refractivity contribution in [2.24, 2.45) is 11.3 Å². The first kappa shape index (κ1) is 11.5. The Morgan fingerprint density at radius 2 is 1.86 bits per heavy atom. The fourth-order valence-corrected chi connectivity index (χ4v) is 2.47. The van der Waals surface area contributed by atoms with Crippen LogP contribution < -0.4 is 0 Å². The van der Waals surface area contributed by atoms with Crippen LogP contribution in [0.15, 0.2) is 0 Å². The van der Waals surface area contributed by atoms with E-state index in [2.05, 4.69) is 13.8 Å². The maximum absolute atomic E-state index is 11.2. The molecule has 0 atom stereocenters. The lowest BCUT2D eigenvalue weighted by Gasteiger charge is -2.36. The van der Waals surface area contributed by atoms with Crippen LogP contribution in [0.3, 0.4) is 0 Å². The average Bonchev–Trinajstić information content (AvgIpc) is 2.18. The normalized spacial score (nSPS) is 19.4. The number of ether oxygens (including phenoxy) is 1. The summed E-state index contributed by atoms with van der Waals surface area (Å²) >= 11 is 0. The third-order valence-electron chi connectivity index (χ3n) is 3.54. The van der Waals surface area contributed by atoms with Crippen LogP contribution in [0.25, 0.3) is 0 Å². The smallest absolute Gasteiger partial charge is 0.306 e. The summed E-state index contributed by atoms with van der Waals surface area (Å²) in [5.41, 5.74) is 0.119. The summed E-state index contributed by atoms with van der Waals surface area (Å²) in [6.45, 7) is 4.39. The Balaban J connectivity index is 2.49. The molecule has 0 saturated heterocycles. The molecule has 0 aliphatic heterocycles. The average molecular weight is 198 g/mol. The zero-order valence-corrected chi connectivity index (χ0v) is 9.64. The summed E-state index contributed by atoms with van der Waals surface area (Å²) < 4.78 is 4.74. The van der Waals surface area contributed by atoms with E-state index in [4.69, 9.17) is 4.74 Å². The molecule has 0 aromatic carbocycles. The topological polar surface area (TPSA) is 26.3 Å². The molecule has 2 heteroatoms. The molecule has 1 fully saturated rings. The second kappa shape index (κ2) is 4.81. The Kier molecular flexibility index (Phi) is 3.97. The van der Waals surface area contributed by atoms with E-state index in [0.717, 1.165) is 0 Å². The molecule has 0 aromatic rings. The second-order valence-corrected chi connectivity index (χ2v) is 5.08. The van der Waals surface area contributed by atoms with Crippen molar-refractivity contribution in [3.63, 3.8) is 0 Å². The van der Waals surface area contributed by atoms with Gasteiger partial charge in [0.05, 0.1) is 13.5 Å². The minimum absolute atomic E-state index is 0.0689. The lowest BCUT2D eigenvalue weighted by atomic mass is 9.69. The van der Waals surface area contributed by atoms with Gasteiger partial charge in [0.15, 0.2) is 0 Å². The summed E-state index contributed by atoms with van der Waals surface area (Å²) in [6.07, 6.45) is 7.15. The van der Waals surface area contributed by atoms with Crippen molar-refractivity contribution >= 4 is 5.97 Å². The largest absolute Gasteiger partial charge is 0.469 e. The minimum Gasteiger partial charge on any atom is -0.469 e. The molecule has 0 N–H and O–H groups in total. The molecule has 0 unspecified atom stereocenters. The van der Waals surface area contributed by atoms with E-state index in [-0.39, 0.29) is 11.4 Å². The van der Waals surface area contributed by atoms with E-state index in [1.807, 2.05) is 0 Å². The first-order chi connectivity index (χ1) is 6.56. The quantitative estimate of drug-likeness (QED) is 0.651. The van der Waals surface area contributed by atoms with Gasteiger partial charge < -0.3 is 4.74 Å². The maximum atomic E-state index is 11.2. The lowest BCUT2D eigenvalue weighted by molar-refractivity contribution is -0.144. The SMILES string of the molecule is COC(=O)CC(C)(C)C1CCCCC1. The maximum Gasteiger partial charge on any atom is 0.306 e. The van der Waals surface area contributed by atoms with Gasteiger partial charge in [0, 0.05) is 0 Å². The zero-order chi connectivity index (χ0) is 10.6. The molecule has 0 aromatic heterocycles. The van der Waals surface area contributed by atoms with Gasteiger partial charge in [-0.2, -0.15) is 0 Å². The zero-order valence-electron chi connectivity index (χ0n) is 9.64. The fourth-order valence-electron chi connectivity index (χ4n) is 2.47. The van der Waals surface area contributed by atoms with E-state index in [1.165, 1.54) is 39.2 Å². The van der Waals surface area contributed by atoms with Crippen LogP contribution in [0.1, 0.15) is 52.4 Å². The molecule has 2 nitrogen and oxygen atoms in total. The summed E-state index contributed by atoms with van der Waals surface area (Å²) in [6, 6.07) is 0. The van der Waals surface area contributed by atoms with Crippen molar-refractivity contribution in [2.45, 2.75) is 52.4 Å². The first-order valence-corrected chi connectivity index (χ1v) is 5.63. The molecule has 14 heavy (non-hydrogen) atoms. The van der Waals surface area contributed by atoms with Crippen molar-refractivity contribution in [1.82, 2.24) is 0 Å². The van der Waals surface area contributed by atoms with E-state index < -0.39 is 0 Å². The van der Waals surface area contributed by atoms with Crippen molar-refractivity contribution in [2.75, 3.05) is 7.11 Å². The van der Waals surface area contributed by atoms with Crippen molar-refractivity contribution < 1.29 is 9.53 Å². The van der Waals surface area contributed by atoms with Gasteiger partial charge in [0.1, 0.15) is 0 Å². The molecule has 1 saturated carbocycles. The highest BCUT2D eigenvalue weighted by Gasteiger charge is 2.32. The molecule has 1 aliphatic rings. The molecule has 1 aliphatic carbocycles. The molecule has 0 radical (unpaired) electrons. The highest BCUT2D eigenvalue weighted by molar-refractivity contribution is 5.70. The van der Waals surface area contributed by atoms with Crippen molar-refractivity contribution in [3.05, 3.63) is 0 Å². The van der Waals surface area contributed by atoms with Crippen molar-refractivity contribution in [3.8, 4) is 0 Å². The number of methoxy groups -OCH3 is 1. The first-order valence-electron chi connectivity index (χ1n) is 5.63. The highest BCUT2D eigenvalue weighted by atomic mass is 16.5. The fraction of sp³-hybridized carbons (Fsp3) is 0.917. The van der Waals surface area contributed by atoms with Gasteiger partial charge >= 0.3 is 5.97 Å².